The molecular formula is C16H18N4O2. The summed E-state index contributed by atoms with van der Waals surface area (Å²) in [5.74, 6) is 0.508. The van der Waals surface area contributed by atoms with Crippen LogP contribution in [0, 0.1) is 13.8 Å². The first kappa shape index (κ1) is 14.4. The van der Waals surface area contributed by atoms with Crippen LogP contribution in [0.15, 0.2) is 30.5 Å². The average Bonchev–Trinajstić information content (AvgIpc) is 2.98. The van der Waals surface area contributed by atoms with Crippen LogP contribution in [-0.2, 0) is 0 Å². The van der Waals surface area contributed by atoms with E-state index in [0.29, 0.717) is 24.5 Å². The molecule has 3 heterocycles. The molecule has 1 atom stereocenters. The second-order valence-electron chi connectivity index (χ2n) is 5.43. The van der Waals surface area contributed by atoms with Gasteiger partial charge in [-0.3, -0.25) is 9.78 Å². The summed E-state index contributed by atoms with van der Waals surface area (Å²) in [6, 6.07) is 7.26. The van der Waals surface area contributed by atoms with Gasteiger partial charge in [0.25, 0.3) is 5.91 Å². The van der Waals surface area contributed by atoms with E-state index in [4.69, 9.17) is 4.74 Å². The van der Waals surface area contributed by atoms with Crippen LogP contribution < -0.4 is 4.74 Å². The predicted octanol–water partition coefficient (Wildman–Crippen LogP) is 1.78. The Morgan fingerprint density at radius 2 is 2.14 bits per heavy atom. The highest BCUT2D eigenvalue weighted by atomic mass is 16.5. The van der Waals surface area contributed by atoms with Gasteiger partial charge in [-0.25, -0.2) is 0 Å². The number of carbonyl (C=O) groups is 1. The highest BCUT2D eigenvalue weighted by Gasteiger charge is 2.29. The van der Waals surface area contributed by atoms with Gasteiger partial charge in [0.15, 0.2) is 0 Å². The molecule has 1 fully saturated rings. The molecule has 0 bridgehead atoms. The van der Waals surface area contributed by atoms with Gasteiger partial charge in [-0.2, -0.15) is 5.10 Å². The summed E-state index contributed by atoms with van der Waals surface area (Å²) in [5.41, 5.74) is 2.25. The number of hydrogen-bond acceptors (Lipinski definition) is 5. The van der Waals surface area contributed by atoms with E-state index in [1.165, 1.54) is 0 Å². The molecule has 114 valence electrons. The number of aromatic nitrogens is 3. The molecule has 1 aliphatic rings. The lowest BCUT2D eigenvalue weighted by atomic mass is 10.2. The van der Waals surface area contributed by atoms with Gasteiger partial charge in [0, 0.05) is 30.9 Å². The Morgan fingerprint density at radius 3 is 2.86 bits per heavy atom. The lowest BCUT2D eigenvalue weighted by molar-refractivity contribution is 0.0769. The van der Waals surface area contributed by atoms with Crippen LogP contribution in [-0.4, -0.2) is 45.2 Å². The Hall–Kier alpha value is -2.50. The van der Waals surface area contributed by atoms with Crippen LogP contribution in [0.25, 0.3) is 0 Å². The molecule has 1 aliphatic heterocycles. The Bertz CT molecular complexity index is 672. The Balaban J connectivity index is 1.63. The summed E-state index contributed by atoms with van der Waals surface area (Å²) >= 11 is 0. The average molecular weight is 298 g/mol. The topological polar surface area (TPSA) is 68.2 Å². The first-order valence-electron chi connectivity index (χ1n) is 7.31. The third kappa shape index (κ3) is 3.05. The molecule has 0 spiro atoms. The molecule has 1 unspecified atom stereocenters. The molecule has 6 nitrogen and oxygen atoms in total. The number of amides is 1. The van der Waals surface area contributed by atoms with Gasteiger partial charge in [0.1, 0.15) is 6.10 Å². The smallest absolute Gasteiger partial charge is 0.255 e. The van der Waals surface area contributed by atoms with Gasteiger partial charge in [0.05, 0.1) is 17.8 Å². The maximum Gasteiger partial charge on any atom is 0.255 e. The normalized spacial score (nSPS) is 17.5. The van der Waals surface area contributed by atoms with Crippen molar-refractivity contribution in [2.75, 3.05) is 13.1 Å². The van der Waals surface area contributed by atoms with Gasteiger partial charge < -0.3 is 9.64 Å². The maximum absolute atomic E-state index is 12.5. The van der Waals surface area contributed by atoms with Gasteiger partial charge in [-0.1, -0.05) is 0 Å². The van der Waals surface area contributed by atoms with Crippen LogP contribution in [0.1, 0.15) is 28.2 Å². The van der Waals surface area contributed by atoms with E-state index in [1.54, 1.807) is 23.2 Å². The summed E-state index contributed by atoms with van der Waals surface area (Å²) < 4.78 is 5.79. The minimum atomic E-state index is -0.0436. The van der Waals surface area contributed by atoms with E-state index in [-0.39, 0.29) is 12.0 Å². The SMILES string of the molecule is Cc1ccc(OC2CCN(C(=O)c3cccnc3C)C2)nn1. The zero-order valence-electron chi connectivity index (χ0n) is 12.7. The monoisotopic (exact) mass is 298 g/mol. The van der Waals surface area contributed by atoms with Gasteiger partial charge in [-0.15, -0.1) is 5.10 Å². The van der Waals surface area contributed by atoms with Crippen LogP contribution in [0.5, 0.6) is 5.88 Å². The van der Waals surface area contributed by atoms with Gasteiger partial charge >= 0.3 is 0 Å². The van der Waals surface area contributed by atoms with Crippen molar-refractivity contribution >= 4 is 5.91 Å². The third-order valence-electron chi connectivity index (χ3n) is 3.73. The molecule has 2 aromatic rings. The number of nitrogens with zero attached hydrogens (tertiary/aromatic N) is 4. The van der Waals surface area contributed by atoms with E-state index in [2.05, 4.69) is 15.2 Å². The highest BCUT2D eigenvalue weighted by molar-refractivity contribution is 5.95. The van der Waals surface area contributed by atoms with E-state index >= 15 is 0 Å². The molecule has 0 radical (unpaired) electrons. The molecule has 0 aromatic carbocycles. The van der Waals surface area contributed by atoms with E-state index < -0.39 is 0 Å². The fourth-order valence-electron chi connectivity index (χ4n) is 2.51. The van der Waals surface area contributed by atoms with Crippen molar-refractivity contribution in [3.8, 4) is 5.88 Å². The Labute approximate surface area is 129 Å². The van der Waals surface area contributed by atoms with Crippen molar-refractivity contribution in [1.82, 2.24) is 20.1 Å². The van der Waals surface area contributed by atoms with E-state index in [0.717, 1.165) is 17.8 Å². The van der Waals surface area contributed by atoms with E-state index in [1.807, 2.05) is 26.0 Å². The van der Waals surface area contributed by atoms with Crippen molar-refractivity contribution in [2.45, 2.75) is 26.4 Å². The Morgan fingerprint density at radius 1 is 1.27 bits per heavy atom. The van der Waals surface area contributed by atoms with Crippen LogP contribution >= 0.6 is 0 Å². The number of aryl methyl sites for hydroxylation is 2. The first-order valence-corrected chi connectivity index (χ1v) is 7.31. The summed E-state index contributed by atoms with van der Waals surface area (Å²) in [7, 11) is 0. The molecular weight excluding hydrogens is 280 g/mol. The summed E-state index contributed by atoms with van der Waals surface area (Å²) in [4.78, 5) is 18.5. The lowest BCUT2D eigenvalue weighted by Crippen LogP contribution is -2.31. The summed E-state index contributed by atoms with van der Waals surface area (Å²) in [6.45, 7) is 4.96. The summed E-state index contributed by atoms with van der Waals surface area (Å²) in [6.07, 6.45) is 2.44. The second-order valence-corrected chi connectivity index (χ2v) is 5.43. The standard InChI is InChI=1S/C16H18N4O2/c1-11-5-6-15(19-18-11)22-13-7-9-20(10-13)16(21)14-4-3-8-17-12(14)2/h3-6,8,13H,7,9-10H2,1-2H3. The second kappa shape index (κ2) is 6.09. The van der Waals surface area contributed by atoms with Crippen molar-refractivity contribution in [3.63, 3.8) is 0 Å². The summed E-state index contributed by atoms with van der Waals surface area (Å²) in [5, 5.41) is 7.97. The molecule has 2 aromatic heterocycles. The largest absolute Gasteiger partial charge is 0.471 e. The van der Waals surface area contributed by atoms with Gasteiger partial charge in [0.2, 0.25) is 5.88 Å². The van der Waals surface area contributed by atoms with Gasteiger partial charge in [-0.05, 0) is 32.0 Å². The number of pyridine rings is 1. The van der Waals surface area contributed by atoms with Crippen LogP contribution in [0.3, 0.4) is 0 Å². The molecule has 1 amide bonds. The van der Waals surface area contributed by atoms with Crippen LogP contribution in [0.4, 0.5) is 0 Å². The van der Waals surface area contributed by atoms with E-state index in [9.17, 15) is 4.79 Å². The Kier molecular flexibility index (Phi) is 4.00. The molecule has 22 heavy (non-hydrogen) atoms. The molecule has 6 heteroatoms. The minimum Gasteiger partial charge on any atom is -0.471 e. The molecule has 0 N–H and O–H groups in total. The zero-order valence-corrected chi connectivity index (χ0v) is 12.7. The van der Waals surface area contributed by atoms with Crippen molar-refractivity contribution in [1.29, 1.82) is 0 Å². The quantitative estimate of drug-likeness (QED) is 0.864. The first-order chi connectivity index (χ1) is 10.6. The number of carbonyl (C=O) groups excluding carboxylic acids is 1. The van der Waals surface area contributed by atoms with Crippen molar-refractivity contribution in [2.24, 2.45) is 0 Å². The molecule has 1 saturated heterocycles. The number of rotatable bonds is 3. The number of hydrogen-bond donors (Lipinski definition) is 0. The molecule has 0 aliphatic carbocycles. The molecule has 0 saturated carbocycles. The maximum atomic E-state index is 12.5. The fourth-order valence-corrected chi connectivity index (χ4v) is 2.51. The van der Waals surface area contributed by atoms with Crippen molar-refractivity contribution < 1.29 is 9.53 Å². The lowest BCUT2D eigenvalue weighted by Gasteiger charge is -2.17. The zero-order chi connectivity index (χ0) is 15.5. The van der Waals surface area contributed by atoms with Crippen LogP contribution in [0.2, 0.25) is 0 Å². The highest BCUT2D eigenvalue weighted by Crippen LogP contribution is 2.19. The molecule has 3 rings (SSSR count). The minimum absolute atomic E-state index is 0.00619. The number of ether oxygens (including phenoxy) is 1. The third-order valence-corrected chi connectivity index (χ3v) is 3.73. The van der Waals surface area contributed by atoms with Crippen molar-refractivity contribution in [3.05, 3.63) is 47.4 Å². The number of likely N-dealkylation sites (tertiary alicyclic amines) is 1. The predicted molar refractivity (Wildman–Crippen MR) is 80.7 cm³/mol. The fraction of sp³-hybridized carbons (Fsp3) is 0.375.